The van der Waals surface area contributed by atoms with Crippen molar-refractivity contribution >= 4 is 28.4 Å². The van der Waals surface area contributed by atoms with E-state index in [-0.39, 0.29) is 0 Å². The Morgan fingerprint density at radius 1 is 1.39 bits per heavy atom. The van der Waals surface area contributed by atoms with Crippen LogP contribution in [0.2, 0.25) is 0 Å². The van der Waals surface area contributed by atoms with Crippen LogP contribution in [0.15, 0.2) is 6.20 Å². The smallest absolute Gasteiger partial charge is 0.143 e. The van der Waals surface area contributed by atoms with Crippen molar-refractivity contribution in [1.29, 1.82) is 0 Å². The standard InChI is InChI=1S/C14H22IN3/c1-4-16-13-11(15)9-17-12(18-13)10-5-7-14(2,3)8-6-10/h9-10H,4-8H2,1-3H3,(H,16,17,18). The van der Waals surface area contributed by atoms with E-state index in [9.17, 15) is 0 Å². The lowest BCUT2D eigenvalue weighted by Gasteiger charge is -2.33. The molecule has 1 heterocycles. The molecule has 1 N–H and O–H groups in total. The van der Waals surface area contributed by atoms with Gasteiger partial charge >= 0.3 is 0 Å². The highest BCUT2D eigenvalue weighted by Crippen LogP contribution is 2.41. The maximum atomic E-state index is 4.70. The van der Waals surface area contributed by atoms with Crippen molar-refractivity contribution in [2.24, 2.45) is 5.41 Å². The molecule has 3 nitrogen and oxygen atoms in total. The van der Waals surface area contributed by atoms with Gasteiger partial charge in [0.05, 0.1) is 3.57 Å². The zero-order valence-electron chi connectivity index (χ0n) is 11.5. The summed E-state index contributed by atoms with van der Waals surface area (Å²) >= 11 is 2.29. The first-order chi connectivity index (χ1) is 8.52. The average Bonchev–Trinajstić information content (AvgIpc) is 2.32. The fourth-order valence-corrected chi connectivity index (χ4v) is 2.98. The van der Waals surface area contributed by atoms with Gasteiger partial charge < -0.3 is 5.32 Å². The number of nitrogens with one attached hydrogen (secondary N) is 1. The molecule has 18 heavy (non-hydrogen) atoms. The monoisotopic (exact) mass is 359 g/mol. The summed E-state index contributed by atoms with van der Waals surface area (Å²) in [5.41, 5.74) is 0.504. The van der Waals surface area contributed by atoms with Gasteiger partial charge in [0.1, 0.15) is 11.6 Å². The summed E-state index contributed by atoms with van der Waals surface area (Å²) in [6.45, 7) is 7.73. The number of halogens is 1. The van der Waals surface area contributed by atoms with Crippen LogP contribution in [0.3, 0.4) is 0 Å². The van der Waals surface area contributed by atoms with Crippen molar-refractivity contribution in [3.05, 3.63) is 15.6 Å². The quantitative estimate of drug-likeness (QED) is 0.822. The SMILES string of the molecule is CCNc1nc(C2CCC(C)(C)CC2)ncc1I. The second-order valence-electron chi connectivity index (χ2n) is 5.89. The van der Waals surface area contributed by atoms with E-state index in [0.29, 0.717) is 11.3 Å². The molecular weight excluding hydrogens is 337 g/mol. The molecule has 0 amide bonds. The molecule has 0 atom stereocenters. The Kier molecular flexibility index (Phi) is 4.45. The topological polar surface area (TPSA) is 37.8 Å². The van der Waals surface area contributed by atoms with Crippen LogP contribution in [-0.4, -0.2) is 16.5 Å². The molecular formula is C14H22IN3. The Morgan fingerprint density at radius 3 is 2.67 bits per heavy atom. The van der Waals surface area contributed by atoms with E-state index >= 15 is 0 Å². The summed E-state index contributed by atoms with van der Waals surface area (Å²) in [7, 11) is 0. The maximum absolute atomic E-state index is 4.70. The lowest BCUT2D eigenvalue weighted by atomic mass is 9.73. The van der Waals surface area contributed by atoms with Gasteiger partial charge in [-0.15, -0.1) is 0 Å². The van der Waals surface area contributed by atoms with Gasteiger partial charge in [0, 0.05) is 18.7 Å². The van der Waals surface area contributed by atoms with Crippen molar-refractivity contribution in [2.75, 3.05) is 11.9 Å². The number of anilines is 1. The van der Waals surface area contributed by atoms with Gasteiger partial charge in [-0.2, -0.15) is 0 Å². The minimum atomic E-state index is 0.504. The molecule has 1 aliphatic rings. The van der Waals surface area contributed by atoms with Crippen molar-refractivity contribution in [3.8, 4) is 0 Å². The van der Waals surface area contributed by atoms with Crippen molar-refractivity contribution in [1.82, 2.24) is 9.97 Å². The van der Waals surface area contributed by atoms with E-state index in [1.165, 1.54) is 25.7 Å². The normalized spacial score (nSPS) is 19.8. The van der Waals surface area contributed by atoms with Crippen molar-refractivity contribution in [2.45, 2.75) is 52.4 Å². The van der Waals surface area contributed by atoms with Crippen LogP contribution in [-0.2, 0) is 0 Å². The van der Waals surface area contributed by atoms with Gasteiger partial charge in [-0.3, -0.25) is 0 Å². The fourth-order valence-electron chi connectivity index (χ4n) is 2.53. The van der Waals surface area contributed by atoms with Crippen LogP contribution < -0.4 is 5.32 Å². The Bertz CT molecular complexity index is 408. The molecule has 0 aromatic carbocycles. The molecule has 1 aromatic rings. The van der Waals surface area contributed by atoms with E-state index in [4.69, 9.17) is 4.98 Å². The summed E-state index contributed by atoms with van der Waals surface area (Å²) in [6.07, 6.45) is 6.95. The Hall–Kier alpha value is -0.390. The number of nitrogens with zero attached hydrogens (tertiary/aromatic N) is 2. The summed E-state index contributed by atoms with van der Waals surface area (Å²) in [5, 5.41) is 3.31. The van der Waals surface area contributed by atoms with E-state index in [1.54, 1.807) is 0 Å². The average molecular weight is 359 g/mol. The number of rotatable bonds is 3. The first kappa shape index (κ1) is 14.0. The molecule has 0 radical (unpaired) electrons. The molecule has 0 bridgehead atoms. The molecule has 1 saturated carbocycles. The van der Waals surface area contributed by atoms with Gasteiger partial charge in [-0.25, -0.2) is 9.97 Å². The van der Waals surface area contributed by atoms with E-state index in [2.05, 4.69) is 53.7 Å². The predicted molar refractivity (Wildman–Crippen MR) is 83.9 cm³/mol. The highest BCUT2D eigenvalue weighted by Gasteiger charge is 2.29. The highest BCUT2D eigenvalue weighted by atomic mass is 127. The summed E-state index contributed by atoms with van der Waals surface area (Å²) < 4.78 is 1.11. The molecule has 0 saturated heterocycles. The van der Waals surface area contributed by atoms with Gasteiger partial charge in [-0.1, -0.05) is 13.8 Å². The number of aromatic nitrogens is 2. The van der Waals surface area contributed by atoms with Crippen LogP contribution in [0.25, 0.3) is 0 Å². The maximum Gasteiger partial charge on any atom is 0.143 e. The van der Waals surface area contributed by atoms with Crippen molar-refractivity contribution in [3.63, 3.8) is 0 Å². The third-order valence-corrected chi connectivity index (χ3v) is 4.60. The van der Waals surface area contributed by atoms with Crippen LogP contribution >= 0.6 is 22.6 Å². The van der Waals surface area contributed by atoms with Gasteiger partial charge in [0.25, 0.3) is 0 Å². The fraction of sp³-hybridized carbons (Fsp3) is 0.714. The van der Waals surface area contributed by atoms with Gasteiger partial charge in [0.15, 0.2) is 0 Å². The molecule has 4 heteroatoms. The number of hydrogen-bond donors (Lipinski definition) is 1. The molecule has 1 aromatic heterocycles. The molecule has 1 aliphatic carbocycles. The number of hydrogen-bond acceptors (Lipinski definition) is 3. The zero-order chi connectivity index (χ0) is 13.2. The van der Waals surface area contributed by atoms with Gasteiger partial charge in [-0.05, 0) is 60.6 Å². The van der Waals surface area contributed by atoms with Crippen LogP contribution in [0.1, 0.15) is 58.2 Å². The lowest BCUT2D eigenvalue weighted by Crippen LogP contribution is -2.21. The van der Waals surface area contributed by atoms with E-state index in [0.717, 1.165) is 21.8 Å². The minimum Gasteiger partial charge on any atom is -0.369 e. The minimum absolute atomic E-state index is 0.504. The molecule has 100 valence electrons. The first-order valence-electron chi connectivity index (χ1n) is 6.78. The van der Waals surface area contributed by atoms with E-state index < -0.39 is 0 Å². The second-order valence-corrected chi connectivity index (χ2v) is 7.06. The second kappa shape index (κ2) is 5.72. The highest BCUT2D eigenvalue weighted by molar-refractivity contribution is 14.1. The van der Waals surface area contributed by atoms with E-state index in [1.807, 2.05) is 6.20 Å². The Labute approximate surface area is 123 Å². The molecule has 2 rings (SSSR count). The van der Waals surface area contributed by atoms with Crippen molar-refractivity contribution < 1.29 is 0 Å². The first-order valence-corrected chi connectivity index (χ1v) is 7.86. The van der Waals surface area contributed by atoms with Gasteiger partial charge in [0.2, 0.25) is 0 Å². The lowest BCUT2D eigenvalue weighted by molar-refractivity contribution is 0.221. The zero-order valence-corrected chi connectivity index (χ0v) is 13.6. The molecule has 0 unspecified atom stereocenters. The molecule has 0 spiro atoms. The third-order valence-electron chi connectivity index (χ3n) is 3.81. The van der Waals surface area contributed by atoms with Crippen LogP contribution in [0.4, 0.5) is 5.82 Å². The predicted octanol–water partition coefficient (Wildman–Crippen LogP) is 4.20. The largest absolute Gasteiger partial charge is 0.369 e. The summed E-state index contributed by atoms with van der Waals surface area (Å²) in [6, 6.07) is 0. The van der Waals surface area contributed by atoms with Crippen LogP contribution in [0, 0.1) is 8.99 Å². The summed E-state index contributed by atoms with van der Waals surface area (Å²) in [5.74, 6) is 2.57. The Morgan fingerprint density at radius 2 is 2.06 bits per heavy atom. The molecule has 0 aliphatic heterocycles. The summed E-state index contributed by atoms with van der Waals surface area (Å²) in [4.78, 5) is 9.24. The molecule has 1 fully saturated rings. The van der Waals surface area contributed by atoms with Crippen LogP contribution in [0.5, 0.6) is 0 Å². The Balaban J connectivity index is 2.12. The third kappa shape index (κ3) is 3.33.